The minimum Gasteiger partial charge on any atom is -0.489 e. The molecule has 5 nitrogen and oxygen atoms in total. The van der Waals surface area contributed by atoms with Gasteiger partial charge in [0.2, 0.25) is 12.6 Å². The molecule has 0 amide bonds. The van der Waals surface area contributed by atoms with Crippen molar-refractivity contribution in [1.29, 1.82) is 0 Å². The van der Waals surface area contributed by atoms with Gasteiger partial charge in [-0.25, -0.2) is 0 Å². The highest BCUT2D eigenvalue weighted by atomic mass is 35.5. The van der Waals surface area contributed by atoms with Crippen LogP contribution in [0.3, 0.4) is 0 Å². The summed E-state index contributed by atoms with van der Waals surface area (Å²) in [7, 11) is 0. The molecule has 3 aromatic rings. The van der Waals surface area contributed by atoms with Gasteiger partial charge in [0.25, 0.3) is 0 Å². The van der Waals surface area contributed by atoms with Gasteiger partial charge in [0, 0.05) is 6.07 Å². The number of halogens is 2. The summed E-state index contributed by atoms with van der Waals surface area (Å²) in [5.41, 5.74) is 2.98. The van der Waals surface area contributed by atoms with Gasteiger partial charge in [0.05, 0.1) is 15.6 Å². The first-order valence-electron chi connectivity index (χ1n) is 9.53. The fraction of sp³-hybridized carbons (Fsp3) is 0.125. The zero-order valence-electron chi connectivity index (χ0n) is 16.4. The first-order chi connectivity index (χ1) is 15.0. The van der Waals surface area contributed by atoms with E-state index >= 15 is 0 Å². The Balaban J connectivity index is 1.37. The lowest BCUT2D eigenvalue weighted by Crippen LogP contribution is -2.00. The summed E-state index contributed by atoms with van der Waals surface area (Å²) in [4.78, 5) is 12.9. The molecule has 7 heteroatoms. The normalized spacial score (nSPS) is 15.2. The molecule has 2 aliphatic heterocycles. The zero-order chi connectivity index (χ0) is 21.5. The van der Waals surface area contributed by atoms with E-state index < -0.39 is 0 Å². The maximum atomic E-state index is 12.9. The molecule has 2 aliphatic rings. The van der Waals surface area contributed by atoms with Crippen LogP contribution in [0.15, 0.2) is 54.3 Å². The van der Waals surface area contributed by atoms with Crippen LogP contribution in [0.4, 0.5) is 0 Å². The van der Waals surface area contributed by atoms with Gasteiger partial charge in [-0.05, 0) is 60.0 Å². The highest BCUT2D eigenvalue weighted by molar-refractivity contribution is 6.42. The van der Waals surface area contributed by atoms with Gasteiger partial charge in [-0.15, -0.1) is 0 Å². The summed E-state index contributed by atoms with van der Waals surface area (Å²) in [5.74, 6) is 2.48. The Labute approximate surface area is 188 Å². The Morgan fingerprint density at radius 3 is 2.65 bits per heavy atom. The fourth-order valence-electron chi connectivity index (χ4n) is 3.51. The molecular weight excluding hydrogens is 439 g/mol. The molecule has 0 unspecified atom stereocenters. The third-order valence-electron chi connectivity index (χ3n) is 5.03. The van der Waals surface area contributed by atoms with Crippen LogP contribution < -0.4 is 18.9 Å². The number of allylic oxidation sites excluding steroid dienone is 1. The number of carbonyl (C=O) groups is 1. The summed E-state index contributed by atoms with van der Waals surface area (Å²) < 4.78 is 22.5. The van der Waals surface area contributed by atoms with Gasteiger partial charge in [-0.1, -0.05) is 35.3 Å². The molecule has 0 bridgehead atoms. The Morgan fingerprint density at radius 1 is 0.968 bits per heavy atom. The topological polar surface area (TPSA) is 54.0 Å². The smallest absolute Gasteiger partial charge is 0.232 e. The number of hydrogen-bond donors (Lipinski definition) is 0. The quantitative estimate of drug-likeness (QED) is 0.437. The second-order valence-electron chi connectivity index (χ2n) is 7.20. The van der Waals surface area contributed by atoms with Crippen LogP contribution in [0.1, 0.15) is 27.0 Å². The fourth-order valence-corrected chi connectivity index (χ4v) is 3.83. The largest absolute Gasteiger partial charge is 0.489 e. The molecular formula is C24H16Cl2O5. The van der Waals surface area contributed by atoms with Gasteiger partial charge < -0.3 is 18.9 Å². The predicted octanol–water partition coefficient (Wildman–Crippen LogP) is 6.23. The van der Waals surface area contributed by atoms with Crippen molar-refractivity contribution in [1.82, 2.24) is 0 Å². The second-order valence-corrected chi connectivity index (χ2v) is 8.02. The van der Waals surface area contributed by atoms with Crippen molar-refractivity contribution in [2.45, 2.75) is 13.5 Å². The Kier molecular flexibility index (Phi) is 5.00. The summed E-state index contributed by atoms with van der Waals surface area (Å²) in [6.07, 6.45) is 1.69. The number of rotatable bonds is 4. The molecule has 3 aromatic carbocycles. The maximum absolute atomic E-state index is 12.9. The van der Waals surface area contributed by atoms with Crippen LogP contribution in [0.2, 0.25) is 10.0 Å². The lowest BCUT2D eigenvalue weighted by Gasteiger charge is -2.10. The van der Waals surface area contributed by atoms with E-state index in [4.69, 9.17) is 42.1 Å². The van der Waals surface area contributed by atoms with Crippen LogP contribution in [0.25, 0.3) is 6.08 Å². The standard InChI is InChI=1S/C24H16Cl2O5/c1-13-6-16(28-11-15-2-4-17(25)18(26)7-15)10-21-23(13)24(27)22(31-21)9-14-3-5-19-20(8-14)30-12-29-19/h2-10H,11-12H2,1H3/b22-9-. The lowest BCUT2D eigenvalue weighted by molar-refractivity contribution is 0.101. The van der Waals surface area contributed by atoms with E-state index in [1.165, 1.54) is 0 Å². The number of hydrogen-bond acceptors (Lipinski definition) is 5. The lowest BCUT2D eigenvalue weighted by atomic mass is 10.0. The third-order valence-corrected chi connectivity index (χ3v) is 5.77. The molecule has 0 atom stereocenters. The van der Waals surface area contributed by atoms with Crippen LogP contribution in [0, 0.1) is 6.92 Å². The van der Waals surface area contributed by atoms with Crippen molar-refractivity contribution in [3.05, 3.63) is 86.6 Å². The van der Waals surface area contributed by atoms with Gasteiger partial charge >= 0.3 is 0 Å². The summed E-state index contributed by atoms with van der Waals surface area (Å²) in [5, 5.41) is 0.965. The van der Waals surface area contributed by atoms with Gasteiger partial charge in [0.1, 0.15) is 18.1 Å². The molecule has 0 fully saturated rings. The maximum Gasteiger partial charge on any atom is 0.232 e. The van der Waals surface area contributed by atoms with Crippen molar-refractivity contribution in [2.24, 2.45) is 0 Å². The molecule has 156 valence electrons. The van der Waals surface area contributed by atoms with Crippen molar-refractivity contribution in [3.8, 4) is 23.0 Å². The number of ether oxygens (including phenoxy) is 4. The van der Waals surface area contributed by atoms with Crippen LogP contribution >= 0.6 is 23.2 Å². The highest BCUT2D eigenvalue weighted by Gasteiger charge is 2.30. The average Bonchev–Trinajstić information content (AvgIpc) is 3.33. The molecule has 31 heavy (non-hydrogen) atoms. The van der Waals surface area contributed by atoms with Gasteiger partial charge in [-0.3, -0.25) is 4.79 Å². The Bertz CT molecular complexity index is 1250. The number of aryl methyl sites for hydroxylation is 1. The SMILES string of the molecule is Cc1cc(OCc2ccc(Cl)c(Cl)c2)cc2c1C(=O)/C(=C/c1ccc3c(c1)OCO3)O2. The molecule has 0 radical (unpaired) electrons. The number of Topliss-reactive ketones (excluding diaryl/α,β-unsaturated/α-hetero) is 1. The number of fused-ring (bicyclic) bond motifs is 2. The molecule has 0 saturated heterocycles. The molecule has 0 aromatic heterocycles. The first kappa shape index (κ1) is 19.8. The van der Waals surface area contributed by atoms with Crippen molar-refractivity contribution < 1.29 is 23.7 Å². The summed E-state index contributed by atoms with van der Waals surface area (Å²) >= 11 is 12.0. The molecule has 5 rings (SSSR count). The minimum absolute atomic E-state index is 0.166. The average molecular weight is 455 g/mol. The van der Waals surface area contributed by atoms with Crippen molar-refractivity contribution in [2.75, 3.05) is 6.79 Å². The third kappa shape index (κ3) is 3.82. The Hall–Kier alpha value is -3.15. The van der Waals surface area contributed by atoms with Gasteiger partial charge in [0.15, 0.2) is 17.3 Å². The Morgan fingerprint density at radius 2 is 1.81 bits per heavy atom. The minimum atomic E-state index is -0.166. The summed E-state index contributed by atoms with van der Waals surface area (Å²) in [6, 6.07) is 14.3. The van der Waals surface area contributed by atoms with E-state index in [0.29, 0.717) is 45.2 Å². The second kappa shape index (κ2) is 7.84. The monoisotopic (exact) mass is 454 g/mol. The summed E-state index contributed by atoms with van der Waals surface area (Å²) in [6.45, 7) is 2.36. The molecule has 0 aliphatic carbocycles. The van der Waals surface area contributed by atoms with E-state index in [2.05, 4.69) is 0 Å². The molecule has 0 N–H and O–H groups in total. The van der Waals surface area contributed by atoms with E-state index in [-0.39, 0.29) is 18.3 Å². The van der Waals surface area contributed by atoms with E-state index in [9.17, 15) is 4.79 Å². The van der Waals surface area contributed by atoms with Crippen molar-refractivity contribution in [3.63, 3.8) is 0 Å². The highest BCUT2D eigenvalue weighted by Crippen LogP contribution is 2.39. The van der Waals surface area contributed by atoms with Crippen LogP contribution in [0.5, 0.6) is 23.0 Å². The van der Waals surface area contributed by atoms with E-state index in [0.717, 1.165) is 16.7 Å². The number of carbonyl (C=O) groups excluding carboxylic acids is 1. The number of benzene rings is 3. The van der Waals surface area contributed by atoms with Crippen LogP contribution in [-0.2, 0) is 6.61 Å². The van der Waals surface area contributed by atoms with E-state index in [1.54, 1.807) is 24.3 Å². The predicted molar refractivity (Wildman–Crippen MR) is 117 cm³/mol. The molecule has 0 spiro atoms. The van der Waals surface area contributed by atoms with Crippen LogP contribution in [-0.4, -0.2) is 12.6 Å². The first-order valence-corrected chi connectivity index (χ1v) is 10.3. The zero-order valence-corrected chi connectivity index (χ0v) is 17.9. The number of ketones is 1. The van der Waals surface area contributed by atoms with Crippen molar-refractivity contribution >= 4 is 35.1 Å². The van der Waals surface area contributed by atoms with Gasteiger partial charge in [-0.2, -0.15) is 0 Å². The molecule has 2 heterocycles. The van der Waals surface area contributed by atoms with E-state index in [1.807, 2.05) is 37.3 Å². The molecule has 0 saturated carbocycles.